The topological polar surface area (TPSA) is 105 Å². The van der Waals surface area contributed by atoms with Gasteiger partial charge in [-0.3, -0.25) is 0 Å². The van der Waals surface area contributed by atoms with E-state index in [1.165, 1.54) is 53.5 Å². The fourth-order valence-electron chi connectivity index (χ4n) is 19.6. The zero-order valence-electron chi connectivity index (χ0n) is 80.9. The highest BCUT2D eigenvalue weighted by atomic mass is 16.3. The maximum atomic E-state index is 9.34. The van der Waals surface area contributed by atoms with Crippen molar-refractivity contribution in [2.24, 2.45) is 30.3 Å². The molecule has 0 amide bonds. The van der Waals surface area contributed by atoms with Crippen molar-refractivity contribution in [3.8, 4) is 22.6 Å². The standard InChI is InChI=1S/C25H32N2O.C24H30N2O.C22H28N2O.C17H17N2.C11H13N2/c1-16-9-11-19-20-12-10-17(2)26-23(20)28-22(19)21(16)27-18(3)25(15-24(27,4)5)13-7-6-8-14-25;1-16-10-11-18-19-9-8-14-25-22(19)27-21(18)20(16)26-17(2)24(15-23(26,3)4)12-6-5-7-13-24;1-13-8-10-16-17-11-9-14(2)23-20(17)25-19(16)18(13)24-15(3)21(4,5)12-22(24,6)7;1-14-8-6-7-11-16(14)19-13-12-17(18(19)2)15-9-4-3-5-10-15;1-10-6-3-4-7-11(10)13-9-5-8-12(13)2/h9-12,18H,6-8,13-15H2,1-5H3;8-11,14,17H,5-7,12-13,15H2,1-4H3;8-11,15H,12H2,1-7H3;3-13H,1-2H3;3-9H,1-2H3/q;;;2*+1/i2*15D2;4D3,5D3,12D2;;. The van der Waals surface area contributed by atoms with Gasteiger partial charge in [0.2, 0.25) is 22.8 Å². The van der Waals surface area contributed by atoms with E-state index in [4.69, 9.17) is 24.2 Å². The van der Waals surface area contributed by atoms with Crippen molar-refractivity contribution < 1.29 is 39.1 Å². The number of nitrogens with zero attached hydrogens (tertiary/aromatic N) is 10. The van der Waals surface area contributed by atoms with Crippen molar-refractivity contribution in [1.29, 1.82) is 0 Å². The number of rotatable bonds is 6. The van der Waals surface area contributed by atoms with E-state index in [1.807, 2.05) is 88.6 Å². The minimum Gasteiger partial charge on any atom is -0.436 e. The molecule has 19 rings (SSSR count). The first kappa shape index (κ1) is 63.5. The second-order valence-electron chi connectivity index (χ2n) is 33.9. The van der Waals surface area contributed by atoms with Crippen LogP contribution >= 0.6 is 0 Å². The first-order valence-corrected chi connectivity index (χ1v) is 40.3. The number of furan rings is 3. The zero-order valence-corrected chi connectivity index (χ0v) is 68.9. The van der Waals surface area contributed by atoms with Gasteiger partial charge in [-0.1, -0.05) is 143 Å². The molecule has 14 aromatic rings. The van der Waals surface area contributed by atoms with Crippen LogP contribution < -0.4 is 24.1 Å². The molecule has 11 heterocycles. The van der Waals surface area contributed by atoms with Crippen LogP contribution in [0.2, 0.25) is 0 Å². The summed E-state index contributed by atoms with van der Waals surface area (Å²) in [7, 11) is 4.13. The SMILES string of the molecule is Cc1ccccc1-n1ccc(-c2ccccc2)[n+]1C.Cc1ccccc1-n1ccc[n+]1C.[2H]C([2H])([2H])C1(C([2H])([2H])[2H])C(C)N(c2c(C)ccc3c2oc2nc(C)ccc23)C(C)(C)C1([2H])[2H].[2H]C1([2H])C2(CCCCC2)C(C)N(c2c(C)ccc3c2oc2nc(C)ccc23)C1(C)C.[2H]C1([2H])C2(CCCCC2)C(C)N(c2c(C)ccc3c2oc2ncccc23)C1(C)C. The number of benzene rings is 6. The number of hydrogen-bond acceptors (Lipinski definition) is 9. The summed E-state index contributed by atoms with van der Waals surface area (Å²) < 4.78 is 132. The van der Waals surface area contributed by atoms with Gasteiger partial charge in [-0.05, 0) is 260 Å². The summed E-state index contributed by atoms with van der Waals surface area (Å²) in [4.78, 5) is 19.8. The van der Waals surface area contributed by atoms with Crippen LogP contribution in [0, 0.1) is 64.7 Å². The van der Waals surface area contributed by atoms with Crippen LogP contribution in [0.1, 0.15) is 215 Å². The van der Waals surface area contributed by atoms with E-state index < -0.39 is 60.9 Å². The molecule has 2 aliphatic carbocycles. The average Bonchev–Trinajstić information content (AvgIpc) is 1.49. The van der Waals surface area contributed by atoms with Crippen molar-refractivity contribution in [2.75, 3.05) is 14.7 Å². The maximum absolute atomic E-state index is 9.34. The van der Waals surface area contributed by atoms with Gasteiger partial charge in [-0.25, -0.2) is 15.0 Å². The monoisotopic (exact) mass is 1510 g/mol. The van der Waals surface area contributed by atoms with Crippen molar-refractivity contribution in [1.82, 2.24) is 24.3 Å². The molecular formula is C99H120N10O3+2. The van der Waals surface area contributed by atoms with E-state index in [1.54, 1.807) is 24.9 Å². The lowest BCUT2D eigenvalue weighted by Crippen LogP contribution is -2.44. The van der Waals surface area contributed by atoms with Gasteiger partial charge in [0, 0.05) is 119 Å². The van der Waals surface area contributed by atoms with Crippen LogP contribution in [-0.2, 0) is 14.1 Å². The fourth-order valence-corrected chi connectivity index (χ4v) is 19.6. The zero-order chi connectivity index (χ0) is 89.5. The summed E-state index contributed by atoms with van der Waals surface area (Å²) in [5.74, 6) is 0. The lowest BCUT2D eigenvalue weighted by molar-refractivity contribution is -0.744. The largest absolute Gasteiger partial charge is 0.436 e. The molecule has 2 saturated carbocycles. The number of pyridine rings is 3. The van der Waals surface area contributed by atoms with E-state index in [0.29, 0.717) is 28.4 Å². The Balaban J connectivity index is 0.000000123. The number of fused-ring (bicyclic) bond motifs is 9. The van der Waals surface area contributed by atoms with E-state index in [2.05, 4.69) is 241 Å². The second-order valence-corrected chi connectivity index (χ2v) is 33.9. The van der Waals surface area contributed by atoms with Gasteiger partial charge in [0.05, 0.1) is 29.5 Å². The first-order chi connectivity index (χ1) is 58.3. The molecule has 13 nitrogen and oxygen atoms in total. The summed E-state index contributed by atoms with van der Waals surface area (Å²) >= 11 is 0. The molecule has 582 valence electrons. The average molecular weight is 1510 g/mol. The summed E-state index contributed by atoms with van der Waals surface area (Å²) in [5.41, 5.74) is 12.5. The first-order valence-electron chi connectivity index (χ1n) is 46.3. The highest BCUT2D eigenvalue weighted by molar-refractivity contribution is 6.11. The van der Waals surface area contributed by atoms with Gasteiger partial charge in [-0.15, -0.1) is 18.7 Å². The molecule has 3 atom stereocenters. The summed E-state index contributed by atoms with van der Waals surface area (Å²) in [6.45, 7) is 25.3. The highest BCUT2D eigenvalue weighted by Gasteiger charge is 2.56. The number of aromatic nitrogens is 7. The number of anilines is 3. The predicted molar refractivity (Wildman–Crippen MR) is 464 cm³/mol. The Morgan fingerprint density at radius 3 is 1.28 bits per heavy atom. The Kier molecular flexibility index (Phi) is 16.9. The molecule has 5 fully saturated rings. The third kappa shape index (κ3) is 14.0. The Labute approximate surface area is 681 Å². The van der Waals surface area contributed by atoms with Crippen LogP contribution in [0.4, 0.5) is 17.1 Å². The van der Waals surface area contributed by atoms with Crippen LogP contribution in [0.5, 0.6) is 0 Å². The second kappa shape index (κ2) is 29.8. The van der Waals surface area contributed by atoms with Crippen molar-refractivity contribution in [2.45, 2.75) is 243 Å². The van der Waals surface area contributed by atoms with Crippen LogP contribution in [0.25, 0.3) is 88.8 Å². The van der Waals surface area contributed by atoms with Crippen molar-refractivity contribution in [3.63, 3.8) is 0 Å². The molecule has 3 unspecified atom stereocenters. The summed E-state index contributed by atoms with van der Waals surface area (Å²) in [6, 6.07) is 54.5. The maximum Gasteiger partial charge on any atom is 0.238 e. The molecular weight excluding hydrogens is 1380 g/mol. The number of aryl methyl sites for hydroxylation is 8. The predicted octanol–water partition coefficient (Wildman–Crippen LogP) is 24.4. The number of hydrogen-bond donors (Lipinski definition) is 0. The van der Waals surface area contributed by atoms with Crippen molar-refractivity contribution >= 4 is 83.3 Å². The molecule has 5 aliphatic rings. The lowest BCUT2D eigenvalue weighted by Gasteiger charge is -2.41. The van der Waals surface area contributed by atoms with Gasteiger partial charge in [0.15, 0.2) is 37.0 Å². The summed E-state index contributed by atoms with van der Waals surface area (Å²) in [5, 5.41) is 5.69. The molecule has 6 aromatic carbocycles. The van der Waals surface area contributed by atoms with Gasteiger partial charge >= 0.3 is 0 Å². The fraction of sp³-hybridized carbons (Fsp3) is 0.424. The quantitative estimate of drug-likeness (QED) is 0.151. The molecule has 13 heteroatoms. The normalized spacial score (nSPS) is 22.9. The molecule has 0 radical (unpaired) electrons. The van der Waals surface area contributed by atoms with Crippen LogP contribution in [0.3, 0.4) is 0 Å². The lowest BCUT2D eigenvalue weighted by atomic mass is 9.68. The molecule has 3 saturated heterocycles. The Morgan fingerprint density at radius 2 is 0.830 bits per heavy atom. The van der Waals surface area contributed by atoms with E-state index in [-0.39, 0.29) is 22.9 Å². The van der Waals surface area contributed by atoms with E-state index in [0.717, 1.165) is 134 Å². The van der Waals surface area contributed by atoms with E-state index >= 15 is 0 Å². The van der Waals surface area contributed by atoms with Crippen LogP contribution in [0.15, 0.2) is 202 Å². The Hall–Kier alpha value is -10.0. The minimum atomic E-state index is -3.10. The number of para-hydroxylation sites is 2. The third-order valence-corrected chi connectivity index (χ3v) is 25.0. The molecule has 112 heavy (non-hydrogen) atoms. The Bertz CT molecular complexity index is 6320. The smallest absolute Gasteiger partial charge is 0.238 e. The molecule has 2 spiro atoms. The molecule has 0 N–H and O–H groups in total. The highest BCUT2D eigenvalue weighted by Crippen LogP contribution is 2.60. The third-order valence-electron chi connectivity index (χ3n) is 25.0. The van der Waals surface area contributed by atoms with Crippen LogP contribution in [-0.4, -0.2) is 59.1 Å². The molecule has 0 bridgehead atoms. The van der Waals surface area contributed by atoms with Crippen molar-refractivity contribution in [3.05, 3.63) is 228 Å². The van der Waals surface area contributed by atoms with Gasteiger partial charge < -0.3 is 28.0 Å². The minimum absolute atomic E-state index is 0.0926. The summed E-state index contributed by atoms with van der Waals surface area (Å²) in [6.07, 6.45) is 13.5. The molecule has 3 aliphatic heterocycles. The molecule has 8 aromatic heterocycles. The van der Waals surface area contributed by atoms with Gasteiger partial charge in [-0.2, -0.15) is 0 Å². The van der Waals surface area contributed by atoms with Gasteiger partial charge in [0.1, 0.15) is 11.4 Å². The Morgan fingerprint density at radius 1 is 0.411 bits per heavy atom. The van der Waals surface area contributed by atoms with E-state index in [9.17, 15) is 5.48 Å². The van der Waals surface area contributed by atoms with Gasteiger partial charge in [0.25, 0.3) is 0 Å².